The van der Waals surface area contributed by atoms with E-state index in [2.05, 4.69) is 46.6 Å². The number of para-hydroxylation sites is 1. The van der Waals surface area contributed by atoms with Crippen molar-refractivity contribution < 1.29 is 0 Å². The third-order valence-corrected chi connectivity index (χ3v) is 3.95. The Morgan fingerprint density at radius 3 is 2.38 bits per heavy atom. The monoisotopic (exact) mass is 338 g/mol. The van der Waals surface area contributed by atoms with E-state index in [-0.39, 0.29) is 0 Å². The van der Waals surface area contributed by atoms with Gasteiger partial charge in [0.2, 0.25) is 5.95 Å². The number of benzene rings is 2. The van der Waals surface area contributed by atoms with Gasteiger partial charge >= 0.3 is 0 Å². The quantitative estimate of drug-likeness (QED) is 0.655. The number of halogens is 1. The van der Waals surface area contributed by atoms with E-state index in [4.69, 9.17) is 11.6 Å². The third kappa shape index (κ3) is 3.84. The molecule has 4 nitrogen and oxygen atoms in total. The number of nitrogens with zero attached hydrogens (tertiary/aromatic N) is 2. The number of nitrogens with one attached hydrogen (secondary N) is 2. The van der Waals surface area contributed by atoms with E-state index in [1.807, 2.05) is 43.3 Å². The minimum absolute atomic E-state index is 0.552. The van der Waals surface area contributed by atoms with Gasteiger partial charge in [-0.3, -0.25) is 0 Å². The van der Waals surface area contributed by atoms with Crippen LogP contribution < -0.4 is 10.6 Å². The lowest BCUT2D eigenvalue weighted by atomic mass is 10.1. The molecule has 122 valence electrons. The summed E-state index contributed by atoms with van der Waals surface area (Å²) in [7, 11) is 0. The fourth-order valence-electron chi connectivity index (χ4n) is 2.46. The van der Waals surface area contributed by atoms with Gasteiger partial charge in [0.05, 0.1) is 10.7 Å². The average Bonchev–Trinajstić information content (AvgIpc) is 2.52. The summed E-state index contributed by atoms with van der Waals surface area (Å²) < 4.78 is 0. The van der Waals surface area contributed by atoms with Crippen LogP contribution in [0.25, 0.3) is 0 Å². The van der Waals surface area contributed by atoms with Gasteiger partial charge in [-0.2, -0.15) is 4.98 Å². The van der Waals surface area contributed by atoms with Crippen LogP contribution >= 0.6 is 11.6 Å². The summed E-state index contributed by atoms with van der Waals surface area (Å²) in [6, 6.07) is 15.7. The van der Waals surface area contributed by atoms with Gasteiger partial charge in [0, 0.05) is 17.4 Å². The number of anilines is 4. The first-order chi connectivity index (χ1) is 11.5. The van der Waals surface area contributed by atoms with Crippen LogP contribution in [0.1, 0.15) is 16.8 Å². The van der Waals surface area contributed by atoms with Gasteiger partial charge < -0.3 is 10.6 Å². The molecule has 3 rings (SSSR count). The van der Waals surface area contributed by atoms with Crippen molar-refractivity contribution in [3.63, 3.8) is 0 Å². The lowest BCUT2D eigenvalue weighted by Gasteiger charge is -2.12. The molecule has 2 aromatic carbocycles. The van der Waals surface area contributed by atoms with Gasteiger partial charge in [-0.15, -0.1) is 0 Å². The highest BCUT2D eigenvalue weighted by Gasteiger charge is 2.06. The molecule has 0 atom stereocenters. The van der Waals surface area contributed by atoms with Gasteiger partial charge in [0.25, 0.3) is 0 Å². The van der Waals surface area contributed by atoms with Crippen LogP contribution in [0.5, 0.6) is 0 Å². The predicted molar refractivity (Wildman–Crippen MR) is 101 cm³/mol. The SMILES string of the molecule is Cc1ccc(Nc2nc(C)cc(Nc3ccccc3Cl)n2)c(C)c1. The van der Waals surface area contributed by atoms with Crippen molar-refractivity contribution >= 4 is 34.7 Å². The van der Waals surface area contributed by atoms with Gasteiger partial charge in [-0.1, -0.05) is 41.4 Å². The summed E-state index contributed by atoms with van der Waals surface area (Å²) >= 11 is 6.20. The molecular weight excluding hydrogens is 320 g/mol. The zero-order valence-electron chi connectivity index (χ0n) is 13.9. The number of rotatable bonds is 4. The Labute approximate surface area is 146 Å². The molecular formula is C19H19ClN4. The molecule has 0 unspecified atom stereocenters. The number of hydrogen-bond donors (Lipinski definition) is 2. The Balaban J connectivity index is 1.87. The zero-order chi connectivity index (χ0) is 17.1. The van der Waals surface area contributed by atoms with E-state index in [0.29, 0.717) is 16.8 Å². The maximum Gasteiger partial charge on any atom is 0.229 e. The van der Waals surface area contributed by atoms with Crippen LogP contribution in [0.15, 0.2) is 48.5 Å². The summed E-state index contributed by atoms with van der Waals surface area (Å²) in [6.07, 6.45) is 0. The molecule has 0 bridgehead atoms. The van der Waals surface area contributed by atoms with E-state index in [0.717, 1.165) is 22.6 Å². The van der Waals surface area contributed by atoms with Crippen LogP contribution in [-0.2, 0) is 0 Å². The summed E-state index contributed by atoms with van der Waals surface area (Å²) in [5, 5.41) is 7.18. The van der Waals surface area contributed by atoms with Gasteiger partial charge in [0.1, 0.15) is 5.82 Å². The fourth-order valence-corrected chi connectivity index (χ4v) is 2.65. The summed E-state index contributed by atoms with van der Waals surface area (Å²) in [5.74, 6) is 1.25. The summed E-state index contributed by atoms with van der Waals surface area (Å²) in [4.78, 5) is 9.00. The van der Waals surface area contributed by atoms with Crippen molar-refractivity contribution in [2.75, 3.05) is 10.6 Å². The zero-order valence-corrected chi connectivity index (χ0v) is 14.6. The largest absolute Gasteiger partial charge is 0.339 e. The second kappa shape index (κ2) is 6.89. The lowest BCUT2D eigenvalue weighted by Crippen LogP contribution is -2.03. The van der Waals surface area contributed by atoms with E-state index in [9.17, 15) is 0 Å². The van der Waals surface area contributed by atoms with Crippen molar-refractivity contribution in [1.82, 2.24) is 9.97 Å². The van der Waals surface area contributed by atoms with Crippen LogP contribution in [0, 0.1) is 20.8 Å². The van der Waals surface area contributed by atoms with E-state index >= 15 is 0 Å². The van der Waals surface area contributed by atoms with E-state index in [1.54, 1.807) is 0 Å². The van der Waals surface area contributed by atoms with Crippen molar-refractivity contribution in [2.24, 2.45) is 0 Å². The minimum atomic E-state index is 0.552. The Bertz CT molecular complexity index is 877. The van der Waals surface area contributed by atoms with Gasteiger partial charge in [0.15, 0.2) is 0 Å². The number of hydrogen-bond acceptors (Lipinski definition) is 4. The van der Waals surface area contributed by atoms with Crippen LogP contribution in [0.4, 0.5) is 23.1 Å². The first kappa shape index (κ1) is 16.3. The highest BCUT2D eigenvalue weighted by atomic mass is 35.5. The number of aromatic nitrogens is 2. The molecule has 0 amide bonds. The molecule has 0 fully saturated rings. The molecule has 0 aliphatic heterocycles. The summed E-state index contributed by atoms with van der Waals surface area (Å²) in [5.41, 5.74) is 5.06. The maximum absolute atomic E-state index is 6.20. The van der Waals surface area contributed by atoms with Gasteiger partial charge in [-0.05, 0) is 44.5 Å². The first-order valence-corrected chi connectivity index (χ1v) is 8.10. The highest BCUT2D eigenvalue weighted by Crippen LogP contribution is 2.25. The second-order valence-corrected chi connectivity index (χ2v) is 6.17. The molecule has 5 heteroatoms. The molecule has 0 aliphatic rings. The Kier molecular flexibility index (Phi) is 4.67. The topological polar surface area (TPSA) is 49.8 Å². The molecule has 0 saturated heterocycles. The molecule has 1 aromatic heterocycles. The molecule has 0 spiro atoms. The first-order valence-electron chi connectivity index (χ1n) is 7.73. The van der Waals surface area contributed by atoms with Crippen molar-refractivity contribution in [2.45, 2.75) is 20.8 Å². The standard InChI is InChI=1S/C19H19ClN4/c1-12-8-9-16(13(2)10-12)23-19-21-14(3)11-18(24-19)22-17-7-5-4-6-15(17)20/h4-11H,1-3H3,(H2,21,22,23,24). The Hall–Kier alpha value is -2.59. The maximum atomic E-state index is 6.20. The Morgan fingerprint density at radius 2 is 1.62 bits per heavy atom. The summed E-state index contributed by atoms with van der Waals surface area (Å²) in [6.45, 7) is 6.08. The molecule has 0 saturated carbocycles. The predicted octanol–water partition coefficient (Wildman–Crippen LogP) is 5.54. The van der Waals surface area contributed by atoms with Crippen molar-refractivity contribution in [3.8, 4) is 0 Å². The Morgan fingerprint density at radius 1 is 0.833 bits per heavy atom. The smallest absolute Gasteiger partial charge is 0.229 e. The molecule has 1 heterocycles. The van der Waals surface area contributed by atoms with Crippen LogP contribution in [0.2, 0.25) is 5.02 Å². The molecule has 0 aliphatic carbocycles. The lowest BCUT2D eigenvalue weighted by molar-refractivity contribution is 1.10. The van der Waals surface area contributed by atoms with Crippen molar-refractivity contribution in [1.29, 1.82) is 0 Å². The van der Waals surface area contributed by atoms with Crippen molar-refractivity contribution in [3.05, 3.63) is 70.4 Å². The highest BCUT2D eigenvalue weighted by molar-refractivity contribution is 6.33. The molecule has 2 N–H and O–H groups in total. The van der Waals surface area contributed by atoms with Crippen LogP contribution in [0.3, 0.4) is 0 Å². The fraction of sp³-hybridized carbons (Fsp3) is 0.158. The average molecular weight is 339 g/mol. The second-order valence-electron chi connectivity index (χ2n) is 5.77. The minimum Gasteiger partial charge on any atom is -0.339 e. The third-order valence-electron chi connectivity index (χ3n) is 3.62. The number of aryl methyl sites for hydroxylation is 3. The van der Waals surface area contributed by atoms with Crippen LogP contribution in [-0.4, -0.2) is 9.97 Å². The molecule has 0 radical (unpaired) electrons. The van der Waals surface area contributed by atoms with E-state index in [1.165, 1.54) is 5.56 Å². The normalized spacial score (nSPS) is 10.5. The van der Waals surface area contributed by atoms with E-state index < -0.39 is 0 Å². The molecule has 24 heavy (non-hydrogen) atoms. The molecule has 3 aromatic rings. The van der Waals surface area contributed by atoms with Gasteiger partial charge in [-0.25, -0.2) is 4.98 Å².